The largest absolute Gasteiger partial charge is 0.493 e. The van der Waals surface area contributed by atoms with Crippen molar-refractivity contribution in [2.45, 2.75) is 26.2 Å². The number of likely N-dealkylation sites (tertiary alicyclic amines) is 1. The van der Waals surface area contributed by atoms with E-state index < -0.39 is 5.82 Å². The second-order valence-electron chi connectivity index (χ2n) is 8.37. The summed E-state index contributed by atoms with van der Waals surface area (Å²) in [6.45, 7) is 5.86. The van der Waals surface area contributed by atoms with E-state index in [-0.39, 0.29) is 5.75 Å². The molecular formula is C25H27FN4O3. The van der Waals surface area contributed by atoms with Crippen LogP contribution in [0.25, 0.3) is 21.8 Å². The molecule has 3 heterocycles. The quantitative estimate of drug-likeness (QED) is 0.371. The Kier molecular flexibility index (Phi) is 6.00. The van der Waals surface area contributed by atoms with E-state index in [9.17, 15) is 0 Å². The maximum atomic E-state index is 15.0. The minimum Gasteiger partial charge on any atom is -0.493 e. The second kappa shape index (κ2) is 9.23. The molecule has 7 nitrogen and oxygen atoms in total. The second-order valence-corrected chi connectivity index (χ2v) is 8.37. The molecule has 0 amide bonds. The third kappa shape index (κ3) is 4.43. The lowest BCUT2D eigenvalue weighted by Gasteiger charge is -2.16. The van der Waals surface area contributed by atoms with Crippen LogP contribution in [0.15, 0.2) is 36.5 Å². The van der Waals surface area contributed by atoms with Crippen LogP contribution in [-0.4, -0.2) is 53.4 Å². The molecule has 0 spiro atoms. The summed E-state index contributed by atoms with van der Waals surface area (Å²) in [5, 5.41) is 9.41. The van der Waals surface area contributed by atoms with Crippen molar-refractivity contribution >= 4 is 21.8 Å². The number of fused-ring (bicyclic) bond motifs is 2. The van der Waals surface area contributed by atoms with Gasteiger partial charge in [-0.3, -0.25) is 0 Å². The summed E-state index contributed by atoms with van der Waals surface area (Å²) < 4.78 is 32.5. The van der Waals surface area contributed by atoms with Crippen LogP contribution in [-0.2, 0) is 0 Å². The summed E-state index contributed by atoms with van der Waals surface area (Å²) in [6, 6.07) is 8.75. The number of hydrogen-bond acceptors (Lipinski definition) is 6. The highest BCUT2D eigenvalue weighted by molar-refractivity contribution is 5.88. The molecule has 4 aromatic rings. The number of halogens is 1. The van der Waals surface area contributed by atoms with Crippen LogP contribution in [0.4, 0.5) is 4.39 Å². The molecule has 0 radical (unpaired) electrons. The zero-order valence-corrected chi connectivity index (χ0v) is 18.9. The molecule has 1 N–H and O–H groups in total. The van der Waals surface area contributed by atoms with Gasteiger partial charge < -0.3 is 24.1 Å². The fourth-order valence-corrected chi connectivity index (χ4v) is 4.36. The van der Waals surface area contributed by atoms with E-state index >= 15 is 4.39 Å². The maximum absolute atomic E-state index is 15.0. The normalized spacial score (nSPS) is 14.3. The van der Waals surface area contributed by atoms with Crippen molar-refractivity contribution in [3.63, 3.8) is 0 Å². The van der Waals surface area contributed by atoms with Gasteiger partial charge in [0.15, 0.2) is 28.8 Å². The molecule has 33 heavy (non-hydrogen) atoms. The molecule has 2 aromatic heterocycles. The van der Waals surface area contributed by atoms with Crippen LogP contribution in [0.2, 0.25) is 0 Å². The fraction of sp³-hybridized carbons (Fsp3) is 0.360. The molecule has 0 unspecified atom stereocenters. The molecule has 5 rings (SSSR count). The van der Waals surface area contributed by atoms with E-state index in [4.69, 9.17) is 14.2 Å². The summed E-state index contributed by atoms with van der Waals surface area (Å²) in [6.07, 6.45) is 4.98. The van der Waals surface area contributed by atoms with E-state index in [2.05, 4.69) is 20.1 Å². The molecule has 8 heteroatoms. The first-order chi connectivity index (χ1) is 16.1. The maximum Gasteiger partial charge on any atom is 0.175 e. The Balaban J connectivity index is 1.38. The lowest BCUT2D eigenvalue weighted by atomic mass is 10.2. The number of rotatable bonds is 8. The summed E-state index contributed by atoms with van der Waals surface area (Å²) >= 11 is 0. The van der Waals surface area contributed by atoms with Gasteiger partial charge in [0.1, 0.15) is 5.52 Å². The molecule has 2 aromatic carbocycles. The van der Waals surface area contributed by atoms with Crippen LogP contribution in [0.1, 0.15) is 25.0 Å². The average molecular weight is 451 g/mol. The smallest absolute Gasteiger partial charge is 0.175 e. The molecule has 1 aliphatic heterocycles. The van der Waals surface area contributed by atoms with Crippen molar-refractivity contribution < 1.29 is 18.6 Å². The third-order valence-corrected chi connectivity index (χ3v) is 6.02. The summed E-state index contributed by atoms with van der Waals surface area (Å²) in [5.41, 5.74) is 2.19. The lowest BCUT2D eigenvalue weighted by Crippen LogP contribution is -2.21. The highest BCUT2D eigenvalue weighted by Crippen LogP contribution is 2.38. The highest BCUT2D eigenvalue weighted by atomic mass is 19.1. The van der Waals surface area contributed by atoms with E-state index in [0.29, 0.717) is 40.1 Å². The molecule has 1 saturated heterocycles. The minimum absolute atomic E-state index is 0.122. The van der Waals surface area contributed by atoms with Gasteiger partial charge in [0.2, 0.25) is 0 Å². The van der Waals surface area contributed by atoms with Crippen LogP contribution >= 0.6 is 0 Å². The Morgan fingerprint density at radius 2 is 1.88 bits per heavy atom. The predicted octanol–water partition coefficient (Wildman–Crippen LogP) is 5.22. The van der Waals surface area contributed by atoms with Crippen LogP contribution in [0, 0.1) is 12.7 Å². The van der Waals surface area contributed by atoms with Crippen molar-refractivity contribution in [2.24, 2.45) is 0 Å². The Hall–Kier alpha value is -3.39. The Labute approximate surface area is 191 Å². The van der Waals surface area contributed by atoms with Gasteiger partial charge in [-0.05, 0) is 63.5 Å². The number of ether oxygens (including phenoxy) is 3. The van der Waals surface area contributed by atoms with Crippen molar-refractivity contribution in [1.29, 1.82) is 0 Å². The predicted molar refractivity (Wildman–Crippen MR) is 125 cm³/mol. The molecule has 1 fully saturated rings. The Morgan fingerprint density at radius 3 is 2.70 bits per heavy atom. The zero-order chi connectivity index (χ0) is 22.8. The molecule has 172 valence electrons. The van der Waals surface area contributed by atoms with Crippen LogP contribution < -0.4 is 14.2 Å². The minimum atomic E-state index is -0.424. The van der Waals surface area contributed by atoms with Gasteiger partial charge in [-0.25, -0.2) is 4.39 Å². The number of nitrogens with one attached hydrogen (secondary N) is 1. The van der Waals surface area contributed by atoms with Crippen molar-refractivity contribution in [3.05, 3.63) is 48.0 Å². The van der Waals surface area contributed by atoms with Gasteiger partial charge in [-0.2, -0.15) is 10.2 Å². The van der Waals surface area contributed by atoms with Crippen molar-refractivity contribution in [2.75, 3.05) is 33.4 Å². The van der Waals surface area contributed by atoms with E-state index in [1.807, 2.05) is 6.92 Å². The van der Waals surface area contributed by atoms with Crippen LogP contribution in [0.5, 0.6) is 23.0 Å². The molecule has 0 aliphatic carbocycles. The number of aryl methyl sites for hydroxylation is 1. The van der Waals surface area contributed by atoms with Gasteiger partial charge in [0.25, 0.3) is 0 Å². The van der Waals surface area contributed by atoms with Crippen LogP contribution in [0.3, 0.4) is 0 Å². The highest BCUT2D eigenvalue weighted by Gasteiger charge is 2.16. The monoisotopic (exact) mass is 450 g/mol. The van der Waals surface area contributed by atoms with E-state index in [1.165, 1.54) is 32.1 Å². The zero-order valence-electron chi connectivity index (χ0n) is 18.9. The van der Waals surface area contributed by atoms with Crippen molar-refractivity contribution in [1.82, 2.24) is 20.1 Å². The first-order valence-corrected chi connectivity index (χ1v) is 11.3. The third-order valence-electron chi connectivity index (χ3n) is 6.02. The van der Waals surface area contributed by atoms with Gasteiger partial charge in [0, 0.05) is 29.2 Å². The topological polar surface area (TPSA) is 72.5 Å². The fourth-order valence-electron chi connectivity index (χ4n) is 4.36. The molecular weight excluding hydrogens is 423 g/mol. The molecule has 0 saturated carbocycles. The van der Waals surface area contributed by atoms with Gasteiger partial charge >= 0.3 is 0 Å². The number of H-pyrrole nitrogens is 1. The first kappa shape index (κ1) is 21.5. The number of nitrogens with zero attached hydrogens (tertiary/aromatic N) is 3. The average Bonchev–Trinajstić information content (AvgIpc) is 3.47. The SMILES string of the molecule is COc1cc2c(Oc3ccc4[nH]c(C)cc4c3F)cnnc2cc1OCCCN1CCCC1. The van der Waals surface area contributed by atoms with Gasteiger partial charge in [0.05, 0.1) is 25.3 Å². The number of hydrogen-bond donors (Lipinski definition) is 1. The van der Waals surface area contributed by atoms with Crippen molar-refractivity contribution in [3.8, 4) is 23.0 Å². The van der Waals surface area contributed by atoms with Gasteiger partial charge in [-0.1, -0.05) is 0 Å². The molecule has 0 bridgehead atoms. The summed E-state index contributed by atoms with van der Waals surface area (Å²) in [5.74, 6) is 1.26. The number of aromatic nitrogens is 3. The summed E-state index contributed by atoms with van der Waals surface area (Å²) in [4.78, 5) is 5.59. The number of benzene rings is 2. The number of aromatic amines is 1. The van der Waals surface area contributed by atoms with E-state index in [1.54, 1.807) is 37.4 Å². The molecule has 1 aliphatic rings. The van der Waals surface area contributed by atoms with Gasteiger partial charge in [-0.15, -0.1) is 0 Å². The molecule has 0 atom stereocenters. The standard InChI is InChI=1S/C25H27FN4O3/c1-16-12-18-19(28-16)6-7-21(25(18)26)33-24-15-27-29-20-14-23(22(31-2)13-17(20)24)32-11-5-10-30-8-3-4-9-30/h6-7,12-15,28H,3-5,8-11H2,1-2H3. The number of methoxy groups -OCH3 is 1. The summed E-state index contributed by atoms with van der Waals surface area (Å²) in [7, 11) is 1.59. The van der Waals surface area contributed by atoms with E-state index in [0.717, 1.165) is 24.2 Å². The Morgan fingerprint density at radius 1 is 1.03 bits per heavy atom. The Bertz CT molecular complexity index is 1280. The lowest BCUT2D eigenvalue weighted by molar-refractivity contribution is 0.254. The first-order valence-electron chi connectivity index (χ1n) is 11.3.